The van der Waals surface area contributed by atoms with E-state index in [0.29, 0.717) is 16.9 Å². The van der Waals surface area contributed by atoms with Crippen LogP contribution in [0.15, 0.2) is 18.3 Å². The molecule has 0 amide bonds. The molecular weight excluding hydrogens is 200 g/mol. The van der Waals surface area contributed by atoms with Gasteiger partial charge in [-0.05, 0) is 24.0 Å². The summed E-state index contributed by atoms with van der Waals surface area (Å²) >= 11 is 0. The minimum absolute atomic E-state index is 0.325. The number of nitriles is 1. The van der Waals surface area contributed by atoms with Gasteiger partial charge in [-0.2, -0.15) is 5.26 Å². The molecule has 0 radical (unpaired) electrons. The quantitative estimate of drug-likeness (QED) is 0.727. The topological polar surface area (TPSA) is 54.0 Å². The van der Waals surface area contributed by atoms with Crippen molar-refractivity contribution < 1.29 is 0 Å². The third kappa shape index (κ3) is 1.21. The van der Waals surface area contributed by atoms with Crippen molar-refractivity contribution >= 4 is 5.65 Å². The van der Waals surface area contributed by atoms with Crippen LogP contribution in [-0.4, -0.2) is 14.6 Å². The van der Waals surface area contributed by atoms with Crippen LogP contribution in [0.4, 0.5) is 0 Å². The van der Waals surface area contributed by atoms with Crippen molar-refractivity contribution in [2.75, 3.05) is 0 Å². The molecule has 16 heavy (non-hydrogen) atoms. The van der Waals surface area contributed by atoms with Crippen LogP contribution in [0.3, 0.4) is 0 Å². The highest BCUT2D eigenvalue weighted by Crippen LogP contribution is 2.57. The van der Waals surface area contributed by atoms with Gasteiger partial charge in [-0.1, -0.05) is 13.8 Å². The van der Waals surface area contributed by atoms with E-state index in [-0.39, 0.29) is 0 Å². The van der Waals surface area contributed by atoms with E-state index in [2.05, 4.69) is 30.1 Å². The first-order chi connectivity index (χ1) is 7.62. The highest BCUT2D eigenvalue weighted by Gasteiger charge is 2.49. The summed E-state index contributed by atoms with van der Waals surface area (Å²) in [7, 11) is 0. The number of hydrogen-bond donors (Lipinski definition) is 0. The maximum Gasteiger partial charge on any atom is 0.160 e. The lowest BCUT2D eigenvalue weighted by atomic mass is 10.1. The first-order valence-corrected chi connectivity index (χ1v) is 5.36. The molecule has 3 rings (SSSR count). The molecule has 0 spiro atoms. The molecule has 2 aromatic heterocycles. The minimum atomic E-state index is 0.325. The standard InChI is InChI=1S/C12H12N4/c1-12(2)5-9(12)11-15-14-10-4-3-8(6-13)7-16(10)11/h3-4,7,9H,5H2,1-2H3. The van der Waals surface area contributed by atoms with Crippen molar-refractivity contribution in [3.05, 3.63) is 29.7 Å². The Morgan fingerprint density at radius 3 is 2.81 bits per heavy atom. The fourth-order valence-corrected chi connectivity index (χ4v) is 2.12. The molecule has 1 aliphatic carbocycles. The van der Waals surface area contributed by atoms with Crippen LogP contribution in [0, 0.1) is 16.7 Å². The second-order valence-electron chi connectivity index (χ2n) is 5.06. The van der Waals surface area contributed by atoms with Crippen molar-refractivity contribution in [2.24, 2.45) is 5.41 Å². The van der Waals surface area contributed by atoms with Crippen molar-refractivity contribution in [3.8, 4) is 6.07 Å². The predicted octanol–water partition coefficient (Wildman–Crippen LogP) is 2.11. The molecule has 1 saturated carbocycles. The molecule has 0 aliphatic heterocycles. The summed E-state index contributed by atoms with van der Waals surface area (Å²) in [6.45, 7) is 4.46. The van der Waals surface area contributed by atoms with Gasteiger partial charge in [0.2, 0.25) is 0 Å². The fourth-order valence-electron chi connectivity index (χ4n) is 2.12. The Morgan fingerprint density at radius 2 is 2.19 bits per heavy atom. The SMILES string of the molecule is CC1(C)CC1c1nnc2ccc(C#N)cn12. The predicted molar refractivity (Wildman–Crippen MR) is 58.8 cm³/mol. The van der Waals surface area contributed by atoms with Gasteiger partial charge in [-0.25, -0.2) is 0 Å². The summed E-state index contributed by atoms with van der Waals surface area (Å²) in [5.74, 6) is 1.45. The molecule has 0 saturated heterocycles. The largest absolute Gasteiger partial charge is 0.285 e. The van der Waals surface area contributed by atoms with Gasteiger partial charge in [-0.15, -0.1) is 10.2 Å². The Labute approximate surface area is 93.5 Å². The van der Waals surface area contributed by atoms with Crippen LogP contribution in [0.2, 0.25) is 0 Å². The molecule has 0 aromatic carbocycles. The summed E-state index contributed by atoms with van der Waals surface area (Å²) in [4.78, 5) is 0. The number of hydrogen-bond acceptors (Lipinski definition) is 3. The van der Waals surface area contributed by atoms with Crippen LogP contribution in [0.1, 0.15) is 37.6 Å². The Kier molecular flexibility index (Phi) is 1.65. The number of aromatic nitrogens is 3. The Hall–Kier alpha value is -1.89. The highest BCUT2D eigenvalue weighted by molar-refractivity contribution is 5.43. The molecule has 2 heterocycles. The zero-order chi connectivity index (χ0) is 11.3. The van der Waals surface area contributed by atoms with E-state index in [1.807, 2.05) is 16.7 Å². The van der Waals surface area contributed by atoms with Crippen LogP contribution in [-0.2, 0) is 0 Å². The Balaban J connectivity index is 2.16. The molecule has 0 N–H and O–H groups in total. The van der Waals surface area contributed by atoms with Crippen molar-refractivity contribution in [2.45, 2.75) is 26.2 Å². The zero-order valence-corrected chi connectivity index (χ0v) is 9.31. The van der Waals surface area contributed by atoms with Crippen LogP contribution >= 0.6 is 0 Å². The average molecular weight is 212 g/mol. The van der Waals surface area contributed by atoms with E-state index in [4.69, 9.17) is 5.26 Å². The average Bonchev–Trinajstić information content (AvgIpc) is 2.75. The molecule has 1 aliphatic rings. The molecule has 1 unspecified atom stereocenters. The summed E-state index contributed by atoms with van der Waals surface area (Å²) in [5, 5.41) is 17.2. The molecule has 1 atom stereocenters. The summed E-state index contributed by atoms with van der Waals surface area (Å²) < 4.78 is 1.94. The van der Waals surface area contributed by atoms with Crippen molar-refractivity contribution in [1.82, 2.24) is 14.6 Å². The van der Waals surface area contributed by atoms with E-state index in [1.165, 1.54) is 0 Å². The minimum Gasteiger partial charge on any atom is -0.285 e. The molecule has 80 valence electrons. The van der Waals surface area contributed by atoms with Gasteiger partial charge in [0.05, 0.1) is 5.56 Å². The van der Waals surface area contributed by atoms with Gasteiger partial charge in [0.25, 0.3) is 0 Å². The first-order valence-electron chi connectivity index (χ1n) is 5.36. The van der Waals surface area contributed by atoms with Gasteiger partial charge in [0, 0.05) is 12.1 Å². The van der Waals surface area contributed by atoms with Crippen molar-refractivity contribution in [3.63, 3.8) is 0 Å². The van der Waals surface area contributed by atoms with Gasteiger partial charge in [0.15, 0.2) is 5.65 Å². The molecule has 0 bridgehead atoms. The van der Waals surface area contributed by atoms with Gasteiger partial charge in [0.1, 0.15) is 11.9 Å². The van der Waals surface area contributed by atoms with Gasteiger partial charge < -0.3 is 0 Å². The first kappa shape index (κ1) is 9.34. The molecule has 4 nitrogen and oxygen atoms in total. The Bertz CT molecular complexity index is 603. The van der Waals surface area contributed by atoms with E-state index < -0.39 is 0 Å². The summed E-state index contributed by atoms with van der Waals surface area (Å²) in [6.07, 6.45) is 2.96. The lowest BCUT2D eigenvalue weighted by Gasteiger charge is -2.01. The second kappa shape index (κ2) is 2.82. The fraction of sp³-hybridized carbons (Fsp3) is 0.417. The van der Waals surface area contributed by atoms with E-state index in [0.717, 1.165) is 17.9 Å². The van der Waals surface area contributed by atoms with Crippen molar-refractivity contribution in [1.29, 1.82) is 5.26 Å². The maximum absolute atomic E-state index is 8.88. The number of pyridine rings is 1. The lowest BCUT2D eigenvalue weighted by molar-refractivity contribution is 0.605. The maximum atomic E-state index is 8.88. The third-order valence-corrected chi connectivity index (χ3v) is 3.38. The summed E-state index contributed by atoms with van der Waals surface area (Å²) in [6, 6.07) is 5.75. The zero-order valence-electron chi connectivity index (χ0n) is 9.31. The van der Waals surface area contributed by atoms with E-state index >= 15 is 0 Å². The van der Waals surface area contributed by atoms with Crippen LogP contribution in [0.25, 0.3) is 5.65 Å². The third-order valence-electron chi connectivity index (χ3n) is 3.38. The second-order valence-corrected chi connectivity index (χ2v) is 5.06. The lowest BCUT2D eigenvalue weighted by Crippen LogP contribution is -1.97. The van der Waals surface area contributed by atoms with Crippen LogP contribution < -0.4 is 0 Å². The van der Waals surface area contributed by atoms with E-state index in [9.17, 15) is 0 Å². The highest BCUT2D eigenvalue weighted by atomic mass is 15.3. The number of fused-ring (bicyclic) bond motifs is 1. The van der Waals surface area contributed by atoms with E-state index in [1.54, 1.807) is 6.07 Å². The van der Waals surface area contributed by atoms with Gasteiger partial charge >= 0.3 is 0 Å². The molecule has 4 heteroatoms. The molecule has 1 fully saturated rings. The normalized spacial score (nSPS) is 21.9. The molecule has 2 aromatic rings. The summed E-state index contributed by atoms with van der Waals surface area (Å²) in [5.41, 5.74) is 1.79. The Morgan fingerprint density at radius 1 is 1.44 bits per heavy atom. The monoisotopic (exact) mass is 212 g/mol. The van der Waals surface area contributed by atoms with Crippen LogP contribution in [0.5, 0.6) is 0 Å². The number of rotatable bonds is 1. The van der Waals surface area contributed by atoms with Gasteiger partial charge in [-0.3, -0.25) is 4.40 Å². The number of nitrogens with zero attached hydrogens (tertiary/aromatic N) is 4. The molecular formula is C12H12N4. The smallest absolute Gasteiger partial charge is 0.160 e.